The maximum absolute atomic E-state index is 12.5. The number of benzene rings is 2. The first-order valence-electron chi connectivity index (χ1n) is 7.88. The maximum atomic E-state index is 12.5. The van der Waals surface area contributed by atoms with Crippen molar-refractivity contribution in [1.82, 2.24) is 0 Å². The number of carbonyl (C=O) groups excluding carboxylic acids is 1. The van der Waals surface area contributed by atoms with Crippen molar-refractivity contribution in [3.63, 3.8) is 0 Å². The van der Waals surface area contributed by atoms with Crippen molar-refractivity contribution in [3.05, 3.63) is 58.6 Å². The fourth-order valence-corrected chi connectivity index (χ4v) is 5.21. The van der Waals surface area contributed by atoms with Gasteiger partial charge in [0.2, 0.25) is 0 Å². The summed E-state index contributed by atoms with van der Waals surface area (Å²) in [7, 11) is -3.26. The Bertz CT molecular complexity index is 841. The Morgan fingerprint density at radius 3 is 2.33 bits per heavy atom. The van der Waals surface area contributed by atoms with E-state index in [2.05, 4.69) is 21.2 Å². The van der Waals surface area contributed by atoms with Gasteiger partial charge in [0, 0.05) is 15.7 Å². The number of rotatable bonds is 4. The highest BCUT2D eigenvalue weighted by Gasteiger charge is 2.30. The van der Waals surface area contributed by atoms with Crippen molar-refractivity contribution in [1.29, 1.82) is 0 Å². The Labute approximate surface area is 150 Å². The third-order valence-corrected chi connectivity index (χ3v) is 7.04. The van der Waals surface area contributed by atoms with Crippen LogP contribution in [0, 0.1) is 0 Å². The molecule has 0 atom stereocenters. The van der Waals surface area contributed by atoms with Gasteiger partial charge in [0.1, 0.15) is 0 Å². The minimum atomic E-state index is -3.26. The highest BCUT2D eigenvalue weighted by atomic mass is 79.9. The normalized spacial score (nSPS) is 15.4. The van der Waals surface area contributed by atoms with Crippen LogP contribution in [0.15, 0.2) is 57.9 Å². The molecule has 0 aromatic heterocycles. The summed E-state index contributed by atoms with van der Waals surface area (Å²) in [5, 5.41) is 2.51. The van der Waals surface area contributed by atoms with Crippen LogP contribution in [0.2, 0.25) is 0 Å². The highest BCUT2D eigenvalue weighted by Crippen LogP contribution is 2.30. The molecule has 4 nitrogen and oxygen atoms in total. The zero-order valence-corrected chi connectivity index (χ0v) is 15.4. The minimum absolute atomic E-state index is 0.234. The standard InChI is InChI=1S/C18H18BrNO3S/c19-14-5-3-4-13(12-14)18(21)20-15-8-10-17(11-9-15)24(22,23)16-6-1-2-7-16/h3-5,8-12,16H,1-2,6-7H2,(H,20,21). The lowest BCUT2D eigenvalue weighted by Gasteiger charge is -2.12. The molecule has 6 heteroatoms. The van der Waals surface area contributed by atoms with Crippen molar-refractivity contribution in [2.75, 3.05) is 5.32 Å². The van der Waals surface area contributed by atoms with Gasteiger partial charge in [-0.2, -0.15) is 0 Å². The molecule has 0 radical (unpaired) electrons. The van der Waals surface area contributed by atoms with E-state index in [1.807, 2.05) is 6.07 Å². The molecule has 1 fully saturated rings. The molecule has 2 aromatic rings. The monoisotopic (exact) mass is 407 g/mol. The van der Waals surface area contributed by atoms with Gasteiger partial charge in [0.15, 0.2) is 9.84 Å². The molecular weight excluding hydrogens is 390 g/mol. The molecule has 1 saturated carbocycles. The number of amides is 1. The van der Waals surface area contributed by atoms with Crippen LogP contribution in [0.25, 0.3) is 0 Å². The quantitative estimate of drug-likeness (QED) is 0.815. The summed E-state index contributed by atoms with van der Waals surface area (Å²) >= 11 is 3.33. The molecule has 126 valence electrons. The topological polar surface area (TPSA) is 63.2 Å². The second kappa shape index (κ2) is 7.07. The van der Waals surface area contributed by atoms with E-state index in [9.17, 15) is 13.2 Å². The molecule has 0 unspecified atom stereocenters. The van der Waals surface area contributed by atoms with Gasteiger partial charge in [0.25, 0.3) is 5.91 Å². The van der Waals surface area contributed by atoms with Gasteiger partial charge in [-0.3, -0.25) is 4.79 Å². The summed E-state index contributed by atoms with van der Waals surface area (Å²) < 4.78 is 25.9. The molecule has 1 N–H and O–H groups in total. The van der Waals surface area contributed by atoms with E-state index in [0.29, 0.717) is 16.1 Å². The molecule has 1 aliphatic rings. The van der Waals surface area contributed by atoms with E-state index in [1.54, 1.807) is 42.5 Å². The highest BCUT2D eigenvalue weighted by molar-refractivity contribution is 9.10. The maximum Gasteiger partial charge on any atom is 0.255 e. The van der Waals surface area contributed by atoms with Gasteiger partial charge < -0.3 is 5.32 Å². The first kappa shape index (κ1) is 17.2. The molecule has 1 aliphatic carbocycles. The van der Waals surface area contributed by atoms with Crippen molar-refractivity contribution in [2.24, 2.45) is 0 Å². The smallest absolute Gasteiger partial charge is 0.255 e. The summed E-state index contributed by atoms with van der Waals surface area (Å²) in [6.07, 6.45) is 3.43. The lowest BCUT2D eigenvalue weighted by atomic mass is 10.2. The van der Waals surface area contributed by atoms with Gasteiger partial charge >= 0.3 is 0 Å². The fourth-order valence-electron chi connectivity index (χ4n) is 2.95. The van der Waals surface area contributed by atoms with Crippen molar-refractivity contribution in [2.45, 2.75) is 35.8 Å². The van der Waals surface area contributed by atoms with Crippen LogP contribution in [0.1, 0.15) is 36.0 Å². The molecule has 0 heterocycles. The SMILES string of the molecule is O=C(Nc1ccc(S(=O)(=O)C2CCCC2)cc1)c1cccc(Br)c1. The molecule has 24 heavy (non-hydrogen) atoms. The molecule has 0 spiro atoms. The summed E-state index contributed by atoms with van der Waals surface area (Å²) in [5.74, 6) is -0.234. The molecule has 1 amide bonds. The summed E-state index contributed by atoms with van der Waals surface area (Å²) in [6.45, 7) is 0. The Hall–Kier alpha value is -1.66. The van der Waals surface area contributed by atoms with Gasteiger partial charge in [-0.1, -0.05) is 34.8 Å². The average molecular weight is 408 g/mol. The van der Waals surface area contributed by atoms with Crippen LogP contribution < -0.4 is 5.32 Å². The van der Waals surface area contributed by atoms with Gasteiger partial charge in [0.05, 0.1) is 10.1 Å². The fraction of sp³-hybridized carbons (Fsp3) is 0.278. The van der Waals surface area contributed by atoms with Crippen LogP contribution in [0.5, 0.6) is 0 Å². The van der Waals surface area contributed by atoms with Gasteiger partial charge in [-0.15, -0.1) is 0 Å². The Morgan fingerprint density at radius 2 is 1.71 bits per heavy atom. The van der Waals surface area contributed by atoms with E-state index < -0.39 is 9.84 Å². The number of halogens is 1. The number of hydrogen-bond donors (Lipinski definition) is 1. The van der Waals surface area contributed by atoms with Crippen LogP contribution in [-0.4, -0.2) is 19.6 Å². The number of carbonyl (C=O) groups is 1. The first-order valence-corrected chi connectivity index (χ1v) is 10.2. The Morgan fingerprint density at radius 1 is 1.04 bits per heavy atom. The summed E-state index contributed by atoms with van der Waals surface area (Å²) in [4.78, 5) is 12.5. The molecule has 0 bridgehead atoms. The third-order valence-electron chi connectivity index (χ3n) is 4.27. The van der Waals surface area contributed by atoms with E-state index in [-0.39, 0.29) is 11.2 Å². The minimum Gasteiger partial charge on any atom is -0.322 e. The van der Waals surface area contributed by atoms with E-state index in [0.717, 1.165) is 30.2 Å². The van der Waals surface area contributed by atoms with Crippen LogP contribution in [0.3, 0.4) is 0 Å². The number of hydrogen-bond acceptors (Lipinski definition) is 3. The summed E-state index contributed by atoms with van der Waals surface area (Å²) in [6, 6.07) is 13.5. The largest absolute Gasteiger partial charge is 0.322 e. The number of nitrogens with one attached hydrogen (secondary N) is 1. The molecular formula is C18H18BrNO3S. The molecule has 0 saturated heterocycles. The second-order valence-corrected chi connectivity index (χ2v) is 9.08. The third kappa shape index (κ3) is 3.70. The average Bonchev–Trinajstić information content (AvgIpc) is 3.10. The van der Waals surface area contributed by atoms with E-state index >= 15 is 0 Å². The predicted octanol–water partition coefficient (Wildman–Crippen LogP) is 4.42. The first-order chi connectivity index (χ1) is 11.5. The summed E-state index contributed by atoms with van der Waals surface area (Å²) in [5.41, 5.74) is 1.11. The zero-order chi connectivity index (χ0) is 17.2. The number of anilines is 1. The Kier molecular flexibility index (Phi) is 5.06. The Balaban J connectivity index is 1.74. The van der Waals surface area contributed by atoms with Gasteiger partial charge in [-0.25, -0.2) is 8.42 Å². The van der Waals surface area contributed by atoms with Crippen molar-refractivity contribution < 1.29 is 13.2 Å². The van der Waals surface area contributed by atoms with Crippen molar-refractivity contribution in [3.8, 4) is 0 Å². The molecule has 0 aliphatic heterocycles. The number of sulfone groups is 1. The molecule has 3 rings (SSSR count). The van der Waals surface area contributed by atoms with Crippen molar-refractivity contribution >= 4 is 37.4 Å². The van der Waals surface area contributed by atoms with Crippen LogP contribution in [0.4, 0.5) is 5.69 Å². The van der Waals surface area contributed by atoms with Gasteiger partial charge in [-0.05, 0) is 55.3 Å². The van der Waals surface area contributed by atoms with Crippen LogP contribution in [-0.2, 0) is 9.84 Å². The van der Waals surface area contributed by atoms with Crippen LogP contribution >= 0.6 is 15.9 Å². The predicted molar refractivity (Wildman–Crippen MR) is 98.0 cm³/mol. The van der Waals surface area contributed by atoms with E-state index in [4.69, 9.17) is 0 Å². The van der Waals surface area contributed by atoms with E-state index in [1.165, 1.54) is 0 Å². The lowest BCUT2D eigenvalue weighted by Crippen LogP contribution is -2.18. The molecule has 2 aromatic carbocycles. The lowest BCUT2D eigenvalue weighted by molar-refractivity contribution is 0.102. The second-order valence-electron chi connectivity index (χ2n) is 5.94. The zero-order valence-electron chi connectivity index (χ0n) is 13.0.